The number of aromatic amines is 1. The van der Waals surface area contributed by atoms with Gasteiger partial charge in [0.15, 0.2) is 0 Å². The van der Waals surface area contributed by atoms with Crippen LogP contribution in [-0.2, 0) is 6.42 Å². The highest BCUT2D eigenvalue weighted by Crippen LogP contribution is 2.33. The number of nitrogens with zero attached hydrogens (tertiary/aromatic N) is 1. The minimum Gasteiger partial charge on any atom is -0.478 e. The van der Waals surface area contributed by atoms with Gasteiger partial charge in [0.05, 0.1) is 5.56 Å². The van der Waals surface area contributed by atoms with Crippen LogP contribution in [0, 0.1) is 5.92 Å². The lowest BCUT2D eigenvalue weighted by Gasteiger charge is -2.21. The Hall–Kier alpha value is -2.63. The molecule has 1 aromatic heterocycles. The summed E-state index contributed by atoms with van der Waals surface area (Å²) in [4.78, 5) is 32.7. The Morgan fingerprint density at radius 1 is 1.03 bits per heavy atom. The zero-order valence-corrected chi connectivity index (χ0v) is 18.2. The van der Waals surface area contributed by atoms with Crippen LogP contribution in [0.3, 0.4) is 0 Å². The number of aryl methyl sites for hydroxylation is 1. The Kier molecular flexibility index (Phi) is 7.05. The number of carboxylic acid groups (broad SMARTS) is 1. The predicted molar refractivity (Wildman–Crippen MR) is 121 cm³/mol. The van der Waals surface area contributed by atoms with E-state index in [-0.39, 0.29) is 11.5 Å². The number of anilines is 1. The van der Waals surface area contributed by atoms with E-state index in [0.717, 1.165) is 43.1 Å². The second kappa shape index (κ2) is 10.1. The molecule has 1 amide bonds. The monoisotopic (exact) mass is 423 g/mol. The van der Waals surface area contributed by atoms with Gasteiger partial charge in [-0.15, -0.1) is 0 Å². The zero-order valence-electron chi connectivity index (χ0n) is 18.2. The molecule has 2 fully saturated rings. The molecule has 2 saturated carbocycles. The molecule has 0 spiro atoms. The number of benzene rings is 1. The Labute approximate surface area is 183 Å². The van der Waals surface area contributed by atoms with Gasteiger partial charge in [-0.1, -0.05) is 57.4 Å². The van der Waals surface area contributed by atoms with Gasteiger partial charge in [-0.25, -0.2) is 9.78 Å². The van der Waals surface area contributed by atoms with E-state index < -0.39 is 5.97 Å². The van der Waals surface area contributed by atoms with E-state index in [2.05, 4.69) is 10.3 Å². The van der Waals surface area contributed by atoms with Gasteiger partial charge in [0.25, 0.3) is 5.91 Å². The van der Waals surface area contributed by atoms with Crippen LogP contribution in [0.5, 0.6) is 0 Å². The van der Waals surface area contributed by atoms with Crippen LogP contribution in [0.25, 0.3) is 0 Å². The van der Waals surface area contributed by atoms with Gasteiger partial charge in [-0.3, -0.25) is 4.79 Å². The third-order valence-corrected chi connectivity index (χ3v) is 6.90. The van der Waals surface area contributed by atoms with E-state index in [1.165, 1.54) is 63.5 Å². The van der Waals surface area contributed by atoms with Gasteiger partial charge in [0, 0.05) is 17.3 Å². The lowest BCUT2D eigenvalue weighted by Crippen LogP contribution is -2.16. The van der Waals surface area contributed by atoms with E-state index in [4.69, 9.17) is 4.98 Å². The number of nitrogens with one attached hydrogen (secondary N) is 2. The molecule has 0 saturated heterocycles. The number of aromatic carboxylic acids is 1. The summed E-state index contributed by atoms with van der Waals surface area (Å²) in [5.41, 5.74) is 2.03. The molecule has 0 unspecified atom stereocenters. The lowest BCUT2D eigenvalue weighted by atomic mass is 9.85. The third kappa shape index (κ3) is 5.54. The minimum absolute atomic E-state index is 0.153. The number of amides is 1. The molecule has 4 rings (SSSR count). The Morgan fingerprint density at radius 3 is 2.45 bits per heavy atom. The maximum Gasteiger partial charge on any atom is 0.335 e. The summed E-state index contributed by atoms with van der Waals surface area (Å²) in [5, 5.41) is 12.1. The minimum atomic E-state index is -1.01. The summed E-state index contributed by atoms with van der Waals surface area (Å²) in [6.45, 7) is 0. The van der Waals surface area contributed by atoms with Crippen molar-refractivity contribution < 1.29 is 14.7 Å². The van der Waals surface area contributed by atoms with Crippen LogP contribution in [0.2, 0.25) is 0 Å². The molecular formula is C25H33N3O3. The van der Waals surface area contributed by atoms with Crippen LogP contribution in [0.15, 0.2) is 24.3 Å². The lowest BCUT2D eigenvalue weighted by molar-refractivity contribution is 0.0696. The van der Waals surface area contributed by atoms with Gasteiger partial charge in [0.1, 0.15) is 11.5 Å². The van der Waals surface area contributed by atoms with Crippen LogP contribution in [0.1, 0.15) is 109 Å². The molecule has 1 aromatic carbocycles. The van der Waals surface area contributed by atoms with Gasteiger partial charge in [-0.2, -0.15) is 0 Å². The van der Waals surface area contributed by atoms with Crippen molar-refractivity contribution >= 4 is 17.6 Å². The molecule has 0 bridgehead atoms. The topological polar surface area (TPSA) is 95.1 Å². The smallest absolute Gasteiger partial charge is 0.335 e. The number of carbonyl (C=O) groups excluding carboxylic acids is 1. The number of carboxylic acids is 1. The first-order valence-electron chi connectivity index (χ1n) is 11.8. The Bertz CT molecular complexity index is 908. The second-order valence-corrected chi connectivity index (χ2v) is 9.17. The Balaban J connectivity index is 1.53. The summed E-state index contributed by atoms with van der Waals surface area (Å²) in [5.74, 6) is 0.809. The first-order valence-corrected chi connectivity index (χ1v) is 11.8. The normalized spacial score (nSPS) is 18.1. The molecule has 2 aromatic rings. The molecule has 0 aliphatic heterocycles. The van der Waals surface area contributed by atoms with Crippen LogP contribution in [-0.4, -0.2) is 27.0 Å². The maximum atomic E-state index is 13.1. The fourth-order valence-electron chi connectivity index (χ4n) is 5.11. The van der Waals surface area contributed by atoms with Crippen LogP contribution < -0.4 is 5.32 Å². The second-order valence-electron chi connectivity index (χ2n) is 9.17. The largest absolute Gasteiger partial charge is 0.478 e. The van der Waals surface area contributed by atoms with E-state index in [0.29, 0.717) is 17.3 Å². The number of carbonyl (C=O) groups is 2. The van der Waals surface area contributed by atoms with Crippen molar-refractivity contribution in [2.24, 2.45) is 5.92 Å². The number of imidazole rings is 1. The molecule has 0 radical (unpaired) electrons. The fraction of sp³-hybridized carbons (Fsp3) is 0.560. The zero-order chi connectivity index (χ0) is 21.6. The van der Waals surface area contributed by atoms with Crippen molar-refractivity contribution in [2.75, 3.05) is 5.32 Å². The average Bonchev–Trinajstić information content (AvgIpc) is 3.24. The molecule has 166 valence electrons. The van der Waals surface area contributed by atoms with Crippen molar-refractivity contribution in [3.63, 3.8) is 0 Å². The van der Waals surface area contributed by atoms with Crippen molar-refractivity contribution in [3.05, 3.63) is 47.0 Å². The average molecular weight is 424 g/mol. The number of rotatable bonds is 7. The molecule has 2 aliphatic carbocycles. The number of hydrogen-bond acceptors (Lipinski definition) is 3. The van der Waals surface area contributed by atoms with E-state index in [1.807, 2.05) is 0 Å². The molecule has 0 atom stereocenters. The van der Waals surface area contributed by atoms with Crippen molar-refractivity contribution in [2.45, 2.75) is 83.0 Å². The van der Waals surface area contributed by atoms with Gasteiger partial charge in [-0.05, 0) is 49.8 Å². The highest BCUT2D eigenvalue weighted by molar-refractivity contribution is 6.04. The summed E-state index contributed by atoms with van der Waals surface area (Å²) in [6, 6.07) is 6.35. The summed E-state index contributed by atoms with van der Waals surface area (Å²) in [6.07, 6.45) is 14.4. The molecule has 6 heteroatoms. The van der Waals surface area contributed by atoms with E-state index >= 15 is 0 Å². The number of hydrogen-bond donors (Lipinski definition) is 3. The van der Waals surface area contributed by atoms with Gasteiger partial charge >= 0.3 is 5.97 Å². The maximum absolute atomic E-state index is 13.1. The molecule has 3 N–H and O–H groups in total. The first-order chi connectivity index (χ1) is 15.1. The van der Waals surface area contributed by atoms with E-state index in [1.54, 1.807) is 12.1 Å². The molecule has 31 heavy (non-hydrogen) atoms. The summed E-state index contributed by atoms with van der Waals surface area (Å²) >= 11 is 0. The highest BCUT2D eigenvalue weighted by Gasteiger charge is 2.25. The molecule has 6 nitrogen and oxygen atoms in total. The van der Waals surface area contributed by atoms with Gasteiger partial charge in [0.2, 0.25) is 0 Å². The van der Waals surface area contributed by atoms with Crippen molar-refractivity contribution in [1.29, 1.82) is 0 Å². The Morgan fingerprint density at radius 2 is 1.74 bits per heavy atom. The standard InChI is InChI=1S/C25H33N3O3/c29-24(26-20-13-7-12-19(16-20)25(30)31)22-21(15-14-17-8-3-1-4-9-17)27-23(28-22)18-10-5-2-6-11-18/h7,12-13,16-18H,1-6,8-11,14-15H2,(H,26,29)(H,27,28)(H,30,31). The van der Waals surface area contributed by atoms with E-state index in [9.17, 15) is 14.7 Å². The first kappa shape index (κ1) is 21.6. The number of H-pyrrole nitrogens is 1. The van der Waals surface area contributed by atoms with Crippen molar-refractivity contribution in [1.82, 2.24) is 9.97 Å². The third-order valence-electron chi connectivity index (χ3n) is 6.90. The SMILES string of the molecule is O=C(O)c1cccc(NC(=O)c2nc(C3CCCCC3)[nH]c2CCC2CCCCC2)c1. The molecular weight excluding hydrogens is 390 g/mol. The van der Waals surface area contributed by atoms with Crippen LogP contribution in [0.4, 0.5) is 5.69 Å². The summed E-state index contributed by atoms with van der Waals surface area (Å²) in [7, 11) is 0. The molecule has 2 aliphatic rings. The fourth-order valence-corrected chi connectivity index (χ4v) is 5.11. The summed E-state index contributed by atoms with van der Waals surface area (Å²) < 4.78 is 0. The predicted octanol–water partition coefficient (Wildman–Crippen LogP) is 5.92. The van der Waals surface area contributed by atoms with Gasteiger partial charge < -0.3 is 15.4 Å². The number of aromatic nitrogens is 2. The van der Waals surface area contributed by atoms with Crippen LogP contribution >= 0.6 is 0 Å². The highest BCUT2D eigenvalue weighted by atomic mass is 16.4. The van der Waals surface area contributed by atoms with Crippen molar-refractivity contribution in [3.8, 4) is 0 Å². The quantitative estimate of drug-likeness (QED) is 0.515. The molecule has 1 heterocycles.